The molecule has 0 aliphatic rings. The molecule has 1 aromatic heterocycles. The molecule has 146 valence electrons. The third kappa shape index (κ3) is 6.53. The molecule has 1 atom stereocenters. The Labute approximate surface area is 168 Å². The Kier molecular flexibility index (Phi) is 8.09. The van der Waals surface area contributed by atoms with E-state index >= 15 is 0 Å². The number of rotatable bonds is 9. The maximum Gasteiger partial charge on any atom is 0.238 e. The number of halogens is 1. The zero-order valence-corrected chi connectivity index (χ0v) is 17.2. The Morgan fingerprint density at radius 1 is 1.33 bits per heavy atom. The molecule has 1 unspecified atom stereocenters. The van der Waals surface area contributed by atoms with Crippen LogP contribution in [0.15, 0.2) is 35.7 Å². The third-order valence-corrected chi connectivity index (χ3v) is 5.29. The summed E-state index contributed by atoms with van der Waals surface area (Å²) in [6, 6.07) is 8.60. The van der Waals surface area contributed by atoms with Gasteiger partial charge < -0.3 is 15.4 Å². The van der Waals surface area contributed by atoms with Crippen LogP contribution in [0.1, 0.15) is 11.8 Å². The number of carbonyl (C=O) groups excluding carboxylic acids is 2. The number of carbonyl (C=O) groups is 2. The number of amides is 2. The zero-order valence-electron chi connectivity index (χ0n) is 15.6. The van der Waals surface area contributed by atoms with E-state index in [-0.39, 0.29) is 18.4 Å². The molecular weight excluding hydrogens is 386 g/mol. The normalized spacial score (nSPS) is 11.9. The molecule has 0 saturated heterocycles. The van der Waals surface area contributed by atoms with E-state index in [0.29, 0.717) is 23.0 Å². The molecule has 0 radical (unpaired) electrons. The Bertz CT molecular complexity index is 768. The van der Waals surface area contributed by atoms with Crippen LogP contribution in [-0.2, 0) is 16.0 Å². The number of methoxy groups -OCH3 is 1. The lowest BCUT2D eigenvalue weighted by atomic mass is 10.2. The molecule has 2 N–H and O–H groups in total. The Balaban J connectivity index is 1.82. The minimum Gasteiger partial charge on any atom is -0.495 e. The molecule has 2 aromatic rings. The molecule has 27 heavy (non-hydrogen) atoms. The van der Waals surface area contributed by atoms with E-state index in [1.54, 1.807) is 48.4 Å². The number of hydrogen-bond acceptors (Lipinski definition) is 5. The lowest BCUT2D eigenvalue weighted by molar-refractivity contribution is -0.126. The van der Waals surface area contributed by atoms with Gasteiger partial charge in [-0.05, 0) is 50.0 Å². The number of nitrogens with zero attached hydrogens (tertiary/aromatic N) is 1. The van der Waals surface area contributed by atoms with Gasteiger partial charge in [0.25, 0.3) is 0 Å². The quantitative estimate of drug-likeness (QED) is 0.667. The first-order chi connectivity index (χ1) is 12.9. The first-order valence-corrected chi connectivity index (χ1v) is 9.80. The fourth-order valence-electron chi connectivity index (χ4n) is 2.44. The van der Waals surface area contributed by atoms with Gasteiger partial charge in [-0.25, -0.2) is 0 Å². The lowest BCUT2D eigenvalue weighted by Crippen LogP contribution is -2.46. The van der Waals surface area contributed by atoms with Crippen molar-refractivity contribution >= 4 is 40.4 Å². The second kappa shape index (κ2) is 10.3. The molecule has 1 heterocycles. The van der Waals surface area contributed by atoms with E-state index in [4.69, 9.17) is 16.3 Å². The topological polar surface area (TPSA) is 70.7 Å². The van der Waals surface area contributed by atoms with Crippen molar-refractivity contribution in [2.75, 3.05) is 32.6 Å². The molecule has 0 saturated carbocycles. The standard InChI is InChI=1S/C19H24ClN3O3S/c1-13(19(25)21-9-8-15-5-4-10-27-15)23(2)12-18(24)22-16-11-14(20)6-7-17(16)26-3/h4-7,10-11,13H,8-9,12H2,1-3H3,(H,21,25)(H,22,24). The molecule has 0 bridgehead atoms. The molecule has 2 rings (SSSR count). The maximum atomic E-state index is 12.3. The van der Waals surface area contributed by atoms with Crippen LogP contribution < -0.4 is 15.4 Å². The second-order valence-electron chi connectivity index (χ2n) is 6.10. The summed E-state index contributed by atoms with van der Waals surface area (Å²) in [5.41, 5.74) is 0.497. The monoisotopic (exact) mass is 409 g/mol. The van der Waals surface area contributed by atoms with Crippen LogP contribution in [0.3, 0.4) is 0 Å². The number of ether oxygens (including phenoxy) is 1. The summed E-state index contributed by atoms with van der Waals surface area (Å²) in [6.07, 6.45) is 0.800. The summed E-state index contributed by atoms with van der Waals surface area (Å²) in [7, 11) is 3.26. The SMILES string of the molecule is COc1ccc(Cl)cc1NC(=O)CN(C)C(C)C(=O)NCCc1cccs1. The molecule has 2 amide bonds. The van der Waals surface area contributed by atoms with Gasteiger partial charge in [-0.15, -0.1) is 11.3 Å². The summed E-state index contributed by atoms with van der Waals surface area (Å²) in [6.45, 7) is 2.41. The van der Waals surface area contributed by atoms with Crippen LogP contribution in [0, 0.1) is 0 Å². The highest BCUT2D eigenvalue weighted by Crippen LogP contribution is 2.27. The van der Waals surface area contributed by atoms with E-state index in [2.05, 4.69) is 10.6 Å². The summed E-state index contributed by atoms with van der Waals surface area (Å²) < 4.78 is 5.22. The summed E-state index contributed by atoms with van der Waals surface area (Å²) >= 11 is 7.64. The molecule has 6 nitrogen and oxygen atoms in total. The van der Waals surface area contributed by atoms with Gasteiger partial charge in [0.2, 0.25) is 11.8 Å². The van der Waals surface area contributed by atoms with Crippen LogP contribution in [0.25, 0.3) is 0 Å². The van der Waals surface area contributed by atoms with Gasteiger partial charge in [-0.2, -0.15) is 0 Å². The van der Waals surface area contributed by atoms with Crippen LogP contribution in [-0.4, -0.2) is 50.0 Å². The summed E-state index contributed by atoms with van der Waals surface area (Å²) in [5.74, 6) is 0.160. The lowest BCUT2D eigenvalue weighted by Gasteiger charge is -2.23. The zero-order chi connectivity index (χ0) is 19.8. The van der Waals surface area contributed by atoms with Crippen LogP contribution in [0.4, 0.5) is 5.69 Å². The highest BCUT2D eigenvalue weighted by Gasteiger charge is 2.20. The van der Waals surface area contributed by atoms with Gasteiger partial charge in [-0.3, -0.25) is 14.5 Å². The van der Waals surface area contributed by atoms with Crippen molar-refractivity contribution in [1.82, 2.24) is 10.2 Å². The summed E-state index contributed by atoms with van der Waals surface area (Å²) in [5, 5.41) is 8.19. The van der Waals surface area contributed by atoms with Crippen molar-refractivity contribution in [1.29, 1.82) is 0 Å². The van der Waals surface area contributed by atoms with Gasteiger partial charge in [0.1, 0.15) is 5.75 Å². The van der Waals surface area contributed by atoms with Gasteiger partial charge in [0.15, 0.2) is 0 Å². The maximum absolute atomic E-state index is 12.3. The largest absolute Gasteiger partial charge is 0.495 e. The number of hydrogen-bond donors (Lipinski definition) is 2. The highest BCUT2D eigenvalue weighted by molar-refractivity contribution is 7.09. The fourth-order valence-corrected chi connectivity index (χ4v) is 3.32. The Morgan fingerprint density at radius 3 is 2.78 bits per heavy atom. The Hall–Kier alpha value is -2.09. The number of likely N-dealkylation sites (N-methyl/N-ethyl adjacent to an activating group) is 1. The van der Waals surface area contributed by atoms with E-state index in [9.17, 15) is 9.59 Å². The molecule has 0 fully saturated rings. The van der Waals surface area contributed by atoms with E-state index < -0.39 is 6.04 Å². The number of benzene rings is 1. The van der Waals surface area contributed by atoms with Gasteiger partial charge in [0, 0.05) is 16.4 Å². The van der Waals surface area contributed by atoms with Gasteiger partial charge in [-0.1, -0.05) is 17.7 Å². The fraction of sp³-hybridized carbons (Fsp3) is 0.368. The van der Waals surface area contributed by atoms with Crippen molar-refractivity contribution in [2.24, 2.45) is 0 Å². The van der Waals surface area contributed by atoms with Crippen LogP contribution >= 0.6 is 22.9 Å². The average Bonchev–Trinajstić information content (AvgIpc) is 3.14. The van der Waals surface area contributed by atoms with Crippen molar-refractivity contribution in [3.8, 4) is 5.75 Å². The van der Waals surface area contributed by atoms with E-state index in [1.165, 1.54) is 12.0 Å². The molecule has 8 heteroatoms. The Morgan fingerprint density at radius 2 is 2.11 bits per heavy atom. The molecule has 0 aliphatic carbocycles. The average molecular weight is 410 g/mol. The third-order valence-electron chi connectivity index (χ3n) is 4.12. The van der Waals surface area contributed by atoms with Gasteiger partial charge >= 0.3 is 0 Å². The predicted octanol–water partition coefficient (Wildman–Crippen LogP) is 3.03. The van der Waals surface area contributed by atoms with Crippen molar-refractivity contribution in [2.45, 2.75) is 19.4 Å². The van der Waals surface area contributed by atoms with Crippen LogP contribution in [0.2, 0.25) is 5.02 Å². The number of nitrogens with one attached hydrogen (secondary N) is 2. The van der Waals surface area contributed by atoms with E-state index in [0.717, 1.165) is 6.42 Å². The van der Waals surface area contributed by atoms with Crippen molar-refractivity contribution in [3.05, 3.63) is 45.6 Å². The van der Waals surface area contributed by atoms with Crippen molar-refractivity contribution in [3.63, 3.8) is 0 Å². The highest BCUT2D eigenvalue weighted by atomic mass is 35.5. The van der Waals surface area contributed by atoms with Gasteiger partial charge in [0.05, 0.1) is 25.4 Å². The number of anilines is 1. The first-order valence-electron chi connectivity index (χ1n) is 8.54. The predicted molar refractivity (Wildman–Crippen MR) is 110 cm³/mol. The number of thiophene rings is 1. The smallest absolute Gasteiger partial charge is 0.238 e. The first kappa shape index (κ1) is 21.2. The molecule has 1 aromatic carbocycles. The van der Waals surface area contributed by atoms with Crippen molar-refractivity contribution < 1.29 is 14.3 Å². The summed E-state index contributed by atoms with van der Waals surface area (Å²) in [4.78, 5) is 27.5. The minimum absolute atomic E-state index is 0.0647. The molecule has 0 aliphatic heterocycles. The van der Waals surface area contributed by atoms with E-state index in [1.807, 2.05) is 17.5 Å². The second-order valence-corrected chi connectivity index (χ2v) is 7.57. The minimum atomic E-state index is -0.430. The molecular formula is C19H24ClN3O3S. The molecule has 0 spiro atoms. The van der Waals surface area contributed by atoms with Crippen LogP contribution in [0.5, 0.6) is 5.75 Å².